The molecule has 30 heavy (non-hydrogen) atoms. The second kappa shape index (κ2) is 8.14. The Balaban J connectivity index is 1.58. The van der Waals surface area contributed by atoms with Gasteiger partial charge in [-0.05, 0) is 56.0 Å². The number of nitrogens with one attached hydrogen (secondary N) is 1. The Morgan fingerprint density at radius 2 is 2.07 bits per heavy atom. The number of carbonyl (C=O) groups excluding carboxylic acids is 1. The van der Waals surface area contributed by atoms with E-state index in [-0.39, 0.29) is 11.6 Å². The Kier molecular flexibility index (Phi) is 5.40. The first-order valence-electron chi connectivity index (χ1n) is 9.92. The fourth-order valence-electron chi connectivity index (χ4n) is 3.87. The molecule has 0 saturated carbocycles. The molecule has 1 unspecified atom stereocenters. The van der Waals surface area contributed by atoms with Crippen LogP contribution in [0.4, 0.5) is 4.39 Å². The normalized spacial score (nSPS) is 16.1. The van der Waals surface area contributed by atoms with Gasteiger partial charge in [-0.3, -0.25) is 4.79 Å². The second-order valence-electron chi connectivity index (χ2n) is 7.51. The predicted molar refractivity (Wildman–Crippen MR) is 114 cm³/mol. The third-order valence-electron chi connectivity index (χ3n) is 5.53. The minimum atomic E-state index is -0.564. The smallest absolute Gasteiger partial charge is 0.250 e. The number of carbonyl (C=O) groups is 1. The van der Waals surface area contributed by atoms with Gasteiger partial charge in [-0.1, -0.05) is 24.3 Å². The minimum Gasteiger partial charge on any atom is -0.495 e. The van der Waals surface area contributed by atoms with Crippen LogP contribution in [0.5, 0.6) is 5.75 Å². The van der Waals surface area contributed by atoms with Gasteiger partial charge in [0.15, 0.2) is 0 Å². The highest BCUT2D eigenvalue weighted by Crippen LogP contribution is 2.32. The summed E-state index contributed by atoms with van der Waals surface area (Å²) in [5, 5.41) is 2.97. The summed E-state index contributed by atoms with van der Waals surface area (Å²) in [5.74, 6) is -0.467. The zero-order valence-corrected chi connectivity index (χ0v) is 17.3. The van der Waals surface area contributed by atoms with Gasteiger partial charge in [-0.2, -0.15) is 0 Å². The van der Waals surface area contributed by atoms with Crippen LogP contribution in [0.3, 0.4) is 0 Å². The molecule has 1 atom stereocenters. The molecular weight excluding hydrogens is 381 g/mol. The van der Waals surface area contributed by atoms with Crippen LogP contribution in [0, 0.1) is 6.92 Å². The van der Waals surface area contributed by atoms with Gasteiger partial charge in [0, 0.05) is 11.8 Å². The molecule has 0 aliphatic heterocycles. The van der Waals surface area contributed by atoms with E-state index in [1.165, 1.54) is 19.6 Å². The number of hydrogen-bond donors (Lipinski definition) is 1. The SMILES string of the molecule is COc1cc(C(F)=C(C)C(=O)NC2CCc3ccccc32)ccc1-n1cnc(C)c1. The number of imidazole rings is 1. The molecule has 0 saturated heterocycles. The third-order valence-corrected chi connectivity index (χ3v) is 5.53. The number of hydrogen-bond acceptors (Lipinski definition) is 3. The Bertz CT molecular complexity index is 1130. The molecule has 0 bridgehead atoms. The van der Waals surface area contributed by atoms with Crippen LogP contribution in [0.15, 0.2) is 60.6 Å². The Labute approximate surface area is 175 Å². The number of ether oxygens (including phenoxy) is 1. The molecule has 1 N–H and O–H groups in total. The van der Waals surface area contributed by atoms with E-state index in [1.807, 2.05) is 35.9 Å². The van der Waals surface area contributed by atoms with Crippen molar-refractivity contribution >= 4 is 11.7 Å². The molecule has 4 rings (SSSR count). The van der Waals surface area contributed by atoms with E-state index >= 15 is 4.39 Å². The Hall–Kier alpha value is -3.41. The molecule has 1 amide bonds. The lowest BCUT2D eigenvalue weighted by atomic mass is 10.1. The molecule has 154 valence electrons. The van der Waals surface area contributed by atoms with Crippen molar-refractivity contribution in [1.29, 1.82) is 0 Å². The summed E-state index contributed by atoms with van der Waals surface area (Å²) in [4.78, 5) is 16.9. The van der Waals surface area contributed by atoms with Crippen LogP contribution in [0.1, 0.15) is 41.8 Å². The lowest BCUT2D eigenvalue weighted by Crippen LogP contribution is -2.28. The summed E-state index contributed by atoms with van der Waals surface area (Å²) in [6.45, 7) is 3.40. The summed E-state index contributed by atoms with van der Waals surface area (Å²) in [5.41, 5.74) is 4.31. The summed E-state index contributed by atoms with van der Waals surface area (Å²) in [6, 6.07) is 13.0. The largest absolute Gasteiger partial charge is 0.495 e. The van der Waals surface area contributed by atoms with Crippen LogP contribution in [-0.4, -0.2) is 22.6 Å². The molecule has 3 aromatic rings. The van der Waals surface area contributed by atoms with Gasteiger partial charge in [-0.15, -0.1) is 0 Å². The maximum Gasteiger partial charge on any atom is 0.250 e. The number of aromatic nitrogens is 2. The van der Waals surface area contributed by atoms with E-state index in [2.05, 4.69) is 16.4 Å². The molecule has 1 aromatic heterocycles. The summed E-state index contributed by atoms with van der Waals surface area (Å²) < 4.78 is 22.4. The number of benzene rings is 2. The number of fused-ring (bicyclic) bond motifs is 1. The molecule has 0 fully saturated rings. The van der Waals surface area contributed by atoms with Crippen molar-refractivity contribution in [3.63, 3.8) is 0 Å². The molecule has 1 aliphatic carbocycles. The highest BCUT2D eigenvalue weighted by atomic mass is 19.1. The van der Waals surface area contributed by atoms with E-state index in [9.17, 15) is 4.79 Å². The lowest BCUT2D eigenvalue weighted by Gasteiger charge is -2.15. The zero-order chi connectivity index (χ0) is 21.3. The molecule has 2 aromatic carbocycles. The van der Waals surface area contributed by atoms with Crippen molar-refractivity contribution in [3.05, 3.63) is 82.9 Å². The van der Waals surface area contributed by atoms with E-state index in [0.29, 0.717) is 11.3 Å². The quantitative estimate of drug-likeness (QED) is 0.627. The zero-order valence-electron chi connectivity index (χ0n) is 17.3. The van der Waals surface area contributed by atoms with Crippen LogP contribution < -0.4 is 10.1 Å². The standard InChI is InChI=1S/C24H24FN3O2/c1-15-13-28(14-26-15)21-11-9-18(12-22(21)30-3)23(25)16(2)24(29)27-20-10-8-17-6-4-5-7-19(17)20/h4-7,9,11-14,20H,8,10H2,1-3H3,(H,27,29). The van der Waals surface area contributed by atoms with E-state index < -0.39 is 11.7 Å². The topological polar surface area (TPSA) is 56.1 Å². The molecule has 0 radical (unpaired) electrons. The van der Waals surface area contributed by atoms with E-state index in [0.717, 1.165) is 29.8 Å². The van der Waals surface area contributed by atoms with Crippen LogP contribution in [0.25, 0.3) is 11.5 Å². The van der Waals surface area contributed by atoms with Crippen molar-refractivity contribution in [1.82, 2.24) is 14.9 Å². The fourth-order valence-corrected chi connectivity index (χ4v) is 3.87. The monoisotopic (exact) mass is 405 g/mol. The average molecular weight is 405 g/mol. The number of aryl methyl sites for hydroxylation is 2. The first-order chi connectivity index (χ1) is 14.5. The van der Waals surface area contributed by atoms with Gasteiger partial charge >= 0.3 is 0 Å². The van der Waals surface area contributed by atoms with Gasteiger partial charge < -0.3 is 14.6 Å². The summed E-state index contributed by atoms with van der Waals surface area (Å²) in [6.07, 6.45) is 5.28. The first kappa shape index (κ1) is 19.9. The molecule has 1 aliphatic rings. The van der Waals surface area contributed by atoms with Crippen LogP contribution in [-0.2, 0) is 11.2 Å². The maximum absolute atomic E-state index is 15.1. The Morgan fingerprint density at radius 3 is 2.80 bits per heavy atom. The number of halogens is 1. The average Bonchev–Trinajstić information content (AvgIpc) is 3.38. The van der Waals surface area contributed by atoms with Gasteiger partial charge in [0.1, 0.15) is 11.6 Å². The summed E-state index contributed by atoms with van der Waals surface area (Å²) >= 11 is 0. The maximum atomic E-state index is 15.1. The summed E-state index contributed by atoms with van der Waals surface area (Å²) in [7, 11) is 1.53. The molecule has 6 heteroatoms. The third kappa shape index (κ3) is 3.73. The highest BCUT2D eigenvalue weighted by Gasteiger charge is 2.25. The van der Waals surface area contributed by atoms with Gasteiger partial charge in [-0.25, -0.2) is 9.37 Å². The van der Waals surface area contributed by atoms with E-state index in [1.54, 1.807) is 24.5 Å². The first-order valence-corrected chi connectivity index (χ1v) is 9.92. The van der Waals surface area contributed by atoms with Crippen molar-refractivity contribution in [3.8, 4) is 11.4 Å². The number of amides is 1. The number of nitrogens with zero attached hydrogens (tertiary/aromatic N) is 2. The highest BCUT2D eigenvalue weighted by molar-refractivity contribution is 5.99. The molecule has 1 heterocycles. The fraction of sp³-hybridized carbons (Fsp3) is 0.250. The minimum absolute atomic E-state index is 0.0488. The predicted octanol–water partition coefficient (Wildman–Crippen LogP) is 4.69. The van der Waals surface area contributed by atoms with E-state index in [4.69, 9.17) is 4.74 Å². The number of methoxy groups -OCH3 is 1. The van der Waals surface area contributed by atoms with Crippen molar-refractivity contribution in [2.75, 3.05) is 7.11 Å². The second-order valence-corrected chi connectivity index (χ2v) is 7.51. The number of rotatable bonds is 5. The van der Waals surface area contributed by atoms with Crippen molar-refractivity contribution in [2.24, 2.45) is 0 Å². The lowest BCUT2D eigenvalue weighted by molar-refractivity contribution is -0.118. The Morgan fingerprint density at radius 1 is 1.27 bits per heavy atom. The van der Waals surface area contributed by atoms with Gasteiger partial charge in [0.05, 0.1) is 36.4 Å². The van der Waals surface area contributed by atoms with Crippen molar-refractivity contribution < 1.29 is 13.9 Å². The van der Waals surface area contributed by atoms with Crippen molar-refractivity contribution in [2.45, 2.75) is 32.7 Å². The van der Waals surface area contributed by atoms with Gasteiger partial charge in [0.25, 0.3) is 0 Å². The molecule has 0 spiro atoms. The molecule has 5 nitrogen and oxygen atoms in total. The molecular formula is C24H24FN3O2. The van der Waals surface area contributed by atoms with Crippen LogP contribution >= 0.6 is 0 Å². The van der Waals surface area contributed by atoms with Crippen LogP contribution in [0.2, 0.25) is 0 Å². The van der Waals surface area contributed by atoms with Gasteiger partial charge in [0.2, 0.25) is 5.91 Å².